The number of aliphatic hydroxyl groups excluding tert-OH is 11. The van der Waals surface area contributed by atoms with E-state index in [0.717, 1.165) is 0 Å². The van der Waals surface area contributed by atoms with Crippen LogP contribution < -0.4 is 0 Å². The van der Waals surface area contributed by atoms with Gasteiger partial charge in [-0.15, -0.1) is 0 Å². The monoisotopic (exact) mass is 618 g/mol. The van der Waals surface area contributed by atoms with Gasteiger partial charge in [-0.3, -0.25) is 0 Å². The molecule has 0 aromatic carbocycles. The van der Waals surface area contributed by atoms with Gasteiger partial charge in [-0.1, -0.05) is 0 Å². The van der Waals surface area contributed by atoms with Gasteiger partial charge in [-0.05, 0) is 20.8 Å². The molecule has 4 heterocycles. The summed E-state index contributed by atoms with van der Waals surface area (Å²) in [7, 11) is 0. The Bertz CT molecular complexity index is 853. The van der Waals surface area contributed by atoms with E-state index < -0.39 is 129 Å². The maximum absolute atomic E-state index is 11.1. The minimum Gasteiger partial charge on any atom is -0.394 e. The predicted molar refractivity (Wildman–Crippen MR) is 130 cm³/mol. The summed E-state index contributed by atoms with van der Waals surface area (Å²) in [5.74, 6) is 0. The lowest BCUT2D eigenvalue weighted by atomic mass is 9.96. The summed E-state index contributed by atoms with van der Waals surface area (Å²) in [6, 6.07) is 0. The zero-order valence-corrected chi connectivity index (χ0v) is 23.0. The molecule has 4 aliphatic rings. The molecule has 18 nitrogen and oxygen atoms in total. The third-order valence-corrected chi connectivity index (χ3v) is 8.09. The molecule has 0 aromatic heterocycles. The van der Waals surface area contributed by atoms with Gasteiger partial charge in [0.25, 0.3) is 0 Å². The largest absolute Gasteiger partial charge is 0.394 e. The van der Waals surface area contributed by atoms with Crippen molar-refractivity contribution < 1.29 is 89.3 Å². The fraction of sp³-hybridized carbons (Fsp3) is 1.00. The third-order valence-electron chi connectivity index (χ3n) is 8.09. The molecular formula is C24H42O18. The standard InChI is InChI=1S/C24H42O18/c1-5-9(26)14(31)20(24(38-5)41-18-10(27)6(2)36-21(35)16(18)33)42-23-17(34)19(11(28)7(3)37-23)40-22-15(32)13(30)12(29)8(4-25)39-22/h5-35H,4H2,1-3H3/t5?,6?,7?,8-,9-,10-,11-,12+,13?,14?,15?,16-,17-,18?,19?,20-,21+,22+,23-,24-/m0/s1. The van der Waals surface area contributed by atoms with Crippen LogP contribution >= 0.6 is 0 Å². The van der Waals surface area contributed by atoms with Crippen molar-refractivity contribution >= 4 is 0 Å². The molecule has 0 amide bonds. The first kappa shape index (κ1) is 34.2. The molecule has 18 heteroatoms. The van der Waals surface area contributed by atoms with Gasteiger partial charge in [-0.2, -0.15) is 0 Å². The van der Waals surface area contributed by atoms with E-state index in [0.29, 0.717) is 0 Å². The smallest absolute Gasteiger partial charge is 0.187 e. The molecule has 8 unspecified atom stereocenters. The zero-order valence-electron chi connectivity index (χ0n) is 23.0. The van der Waals surface area contributed by atoms with Crippen molar-refractivity contribution in [2.24, 2.45) is 0 Å². The van der Waals surface area contributed by atoms with Crippen LogP contribution in [0, 0.1) is 0 Å². The van der Waals surface area contributed by atoms with Crippen LogP contribution in [0.5, 0.6) is 0 Å². The van der Waals surface area contributed by atoms with E-state index in [1.54, 1.807) is 0 Å². The Hall–Kier alpha value is -0.720. The van der Waals surface area contributed by atoms with Crippen molar-refractivity contribution in [3.8, 4) is 0 Å². The Morgan fingerprint density at radius 1 is 0.429 bits per heavy atom. The molecule has 42 heavy (non-hydrogen) atoms. The van der Waals surface area contributed by atoms with Crippen molar-refractivity contribution in [1.29, 1.82) is 0 Å². The Kier molecular flexibility index (Phi) is 11.2. The average molecular weight is 619 g/mol. The highest BCUT2D eigenvalue weighted by Gasteiger charge is 2.54. The quantitative estimate of drug-likeness (QED) is 0.126. The Morgan fingerprint density at radius 2 is 0.905 bits per heavy atom. The summed E-state index contributed by atoms with van der Waals surface area (Å²) in [4.78, 5) is 0. The molecule has 246 valence electrons. The second-order valence-electron chi connectivity index (χ2n) is 11.1. The predicted octanol–water partition coefficient (Wildman–Crippen LogP) is -6.67. The van der Waals surface area contributed by atoms with Gasteiger partial charge < -0.3 is 89.3 Å². The second kappa shape index (κ2) is 13.7. The van der Waals surface area contributed by atoms with Gasteiger partial charge >= 0.3 is 0 Å². The Morgan fingerprint density at radius 3 is 1.52 bits per heavy atom. The number of ether oxygens (including phenoxy) is 7. The van der Waals surface area contributed by atoms with Gasteiger partial charge in [0, 0.05) is 0 Å². The fourth-order valence-electron chi connectivity index (χ4n) is 5.34. The van der Waals surface area contributed by atoms with Crippen LogP contribution in [0.2, 0.25) is 0 Å². The van der Waals surface area contributed by atoms with Crippen molar-refractivity contribution in [2.75, 3.05) is 6.61 Å². The molecule has 0 spiro atoms. The van der Waals surface area contributed by atoms with E-state index in [1.807, 2.05) is 0 Å². The van der Waals surface area contributed by atoms with E-state index in [9.17, 15) is 56.2 Å². The maximum Gasteiger partial charge on any atom is 0.187 e. The molecular weight excluding hydrogens is 576 g/mol. The highest BCUT2D eigenvalue weighted by Crippen LogP contribution is 2.34. The van der Waals surface area contributed by atoms with Crippen LogP contribution in [0.15, 0.2) is 0 Å². The van der Waals surface area contributed by atoms with Gasteiger partial charge in [0.15, 0.2) is 25.2 Å². The van der Waals surface area contributed by atoms with E-state index in [2.05, 4.69) is 0 Å². The van der Waals surface area contributed by atoms with Crippen LogP contribution in [-0.2, 0) is 33.2 Å². The molecule has 0 saturated carbocycles. The van der Waals surface area contributed by atoms with E-state index in [4.69, 9.17) is 33.2 Å². The minimum atomic E-state index is -1.88. The molecule has 4 aliphatic heterocycles. The van der Waals surface area contributed by atoms with Crippen LogP contribution in [0.25, 0.3) is 0 Å². The lowest BCUT2D eigenvalue weighted by molar-refractivity contribution is -0.392. The van der Waals surface area contributed by atoms with Gasteiger partial charge in [-0.25, -0.2) is 0 Å². The summed E-state index contributed by atoms with van der Waals surface area (Å²) in [5, 5.41) is 114. The van der Waals surface area contributed by atoms with E-state index in [-0.39, 0.29) is 0 Å². The van der Waals surface area contributed by atoms with Crippen molar-refractivity contribution in [2.45, 2.75) is 144 Å². The molecule has 0 radical (unpaired) electrons. The molecule has 4 rings (SSSR count). The first-order valence-corrected chi connectivity index (χ1v) is 13.7. The van der Waals surface area contributed by atoms with Crippen LogP contribution in [0.1, 0.15) is 20.8 Å². The van der Waals surface area contributed by atoms with Crippen molar-refractivity contribution in [1.82, 2.24) is 0 Å². The molecule has 11 N–H and O–H groups in total. The minimum absolute atomic E-state index is 0.750. The number of hydrogen-bond donors (Lipinski definition) is 11. The summed E-state index contributed by atoms with van der Waals surface area (Å²) < 4.78 is 38.6. The maximum atomic E-state index is 11.1. The fourth-order valence-corrected chi connectivity index (χ4v) is 5.34. The van der Waals surface area contributed by atoms with E-state index in [1.165, 1.54) is 20.8 Å². The van der Waals surface area contributed by atoms with Crippen LogP contribution in [0.4, 0.5) is 0 Å². The molecule has 4 fully saturated rings. The van der Waals surface area contributed by atoms with Crippen LogP contribution in [-0.4, -0.2) is 186 Å². The first-order chi connectivity index (χ1) is 19.7. The number of hydrogen-bond acceptors (Lipinski definition) is 18. The summed E-state index contributed by atoms with van der Waals surface area (Å²) >= 11 is 0. The Labute approximate surface area is 240 Å². The number of aliphatic hydroxyl groups is 11. The SMILES string of the molecule is CC1O[C@@H](O[C@H]2C(O)[C@@H](O)C(C)O[C@H]2OC2[C@@H](O)C(C)O[C@@H](O)[C@H]2O)[C@@H](O)C(O[C@H]2O[C@@H](CO)[C@@H](O)C(O)C2O)[C@H]1O. The van der Waals surface area contributed by atoms with Crippen molar-refractivity contribution in [3.05, 3.63) is 0 Å². The molecule has 0 aromatic rings. The van der Waals surface area contributed by atoms with Gasteiger partial charge in [0.1, 0.15) is 79.4 Å². The van der Waals surface area contributed by atoms with Crippen LogP contribution in [0.3, 0.4) is 0 Å². The molecule has 0 aliphatic carbocycles. The Balaban J connectivity index is 1.53. The first-order valence-electron chi connectivity index (χ1n) is 13.7. The highest BCUT2D eigenvalue weighted by atomic mass is 16.8. The molecule has 0 bridgehead atoms. The van der Waals surface area contributed by atoms with Gasteiger partial charge in [0.2, 0.25) is 0 Å². The third kappa shape index (κ3) is 6.62. The summed E-state index contributed by atoms with van der Waals surface area (Å²) in [6.07, 6.45) is -31.3. The van der Waals surface area contributed by atoms with Crippen molar-refractivity contribution in [3.63, 3.8) is 0 Å². The second-order valence-corrected chi connectivity index (χ2v) is 11.1. The lowest BCUT2D eigenvalue weighted by Crippen LogP contribution is -2.66. The van der Waals surface area contributed by atoms with E-state index >= 15 is 0 Å². The van der Waals surface area contributed by atoms with Gasteiger partial charge in [0.05, 0.1) is 24.9 Å². The topological polar surface area (TPSA) is 287 Å². The normalized spacial score (nSPS) is 55.9. The lowest BCUT2D eigenvalue weighted by Gasteiger charge is -2.49. The number of rotatable bonds is 7. The molecule has 4 saturated heterocycles. The highest BCUT2D eigenvalue weighted by molar-refractivity contribution is 4.96. The molecule has 20 atom stereocenters. The average Bonchev–Trinajstić information content (AvgIpc) is 2.95. The summed E-state index contributed by atoms with van der Waals surface area (Å²) in [5.41, 5.74) is 0. The zero-order chi connectivity index (χ0) is 31.2. The summed E-state index contributed by atoms with van der Waals surface area (Å²) in [6.45, 7) is 3.46.